The predicted octanol–water partition coefficient (Wildman–Crippen LogP) is 0.304. The van der Waals surface area contributed by atoms with Crippen LogP contribution >= 0.6 is 0 Å². The number of aliphatic hydroxyl groups is 1. The van der Waals surface area contributed by atoms with Gasteiger partial charge in [0.1, 0.15) is 0 Å². The normalized spacial score (nSPS) is 37.6. The van der Waals surface area contributed by atoms with Crippen LogP contribution < -0.4 is 5.32 Å². The van der Waals surface area contributed by atoms with Crippen LogP contribution in [0.25, 0.3) is 0 Å². The maximum atomic E-state index is 12.6. The van der Waals surface area contributed by atoms with Crippen molar-refractivity contribution in [3.05, 3.63) is 0 Å². The molecule has 3 rings (SSSR count). The van der Waals surface area contributed by atoms with E-state index in [4.69, 9.17) is 0 Å². The Morgan fingerprint density at radius 2 is 1.63 bits per heavy atom. The molecule has 0 aromatic heterocycles. The van der Waals surface area contributed by atoms with Crippen LogP contribution in [-0.2, 0) is 10.0 Å². The van der Waals surface area contributed by atoms with Crippen molar-refractivity contribution in [1.29, 1.82) is 0 Å². The first-order valence-corrected chi connectivity index (χ1v) is 9.07. The molecule has 2 N–H and O–H groups in total. The van der Waals surface area contributed by atoms with Crippen LogP contribution in [0.2, 0.25) is 0 Å². The smallest absolute Gasteiger partial charge is 0.214 e. The van der Waals surface area contributed by atoms with Crippen molar-refractivity contribution in [1.82, 2.24) is 9.62 Å². The molecule has 3 aliphatic rings. The fourth-order valence-electron chi connectivity index (χ4n) is 3.99. The number of hydrogen-bond donors (Lipinski definition) is 2. The van der Waals surface area contributed by atoms with E-state index in [1.807, 2.05) is 0 Å². The molecule has 2 unspecified atom stereocenters. The summed E-state index contributed by atoms with van der Waals surface area (Å²) in [5, 5.41) is 13.0. The van der Waals surface area contributed by atoms with Crippen molar-refractivity contribution in [2.75, 3.05) is 18.8 Å². The topological polar surface area (TPSA) is 69.6 Å². The van der Waals surface area contributed by atoms with Gasteiger partial charge in [0.25, 0.3) is 0 Å². The summed E-state index contributed by atoms with van der Waals surface area (Å²) < 4.78 is 27.0. The van der Waals surface area contributed by atoms with Crippen molar-refractivity contribution in [3.63, 3.8) is 0 Å². The largest absolute Gasteiger partial charge is 0.393 e. The minimum Gasteiger partial charge on any atom is -0.393 e. The first-order valence-electron chi connectivity index (χ1n) is 7.46. The lowest BCUT2D eigenvalue weighted by Crippen LogP contribution is -2.49. The van der Waals surface area contributed by atoms with Crippen LogP contribution in [0.3, 0.4) is 0 Å². The highest BCUT2D eigenvalue weighted by molar-refractivity contribution is 7.89. The van der Waals surface area contributed by atoms with Gasteiger partial charge in [0.2, 0.25) is 10.0 Å². The van der Waals surface area contributed by atoms with E-state index in [1.165, 1.54) is 0 Å². The van der Waals surface area contributed by atoms with Crippen LogP contribution in [0.5, 0.6) is 0 Å². The Kier molecular flexibility index (Phi) is 3.86. The number of nitrogens with one attached hydrogen (secondary N) is 1. The van der Waals surface area contributed by atoms with E-state index in [2.05, 4.69) is 5.32 Å². The first-order chi connectivity index (χ1) is 9.06. The quantitative estimate of drug-likeness (QED) is 0.784. The van der Waals surface area contributed by atoms with Crippen LogP contribution in [0.1, 0.15) is 38.5 Å². The van der Waals surface area contributed by atoms with Crippen LogP contribution in [-0.4, -0.2) is 54.9 Å². The van der Waals surface area contributed by atoms with Gasteiger partial charge in [-0.15, -0.1) is 0 Å². The van der Waals surface area contributed by atoms with E-state index in [-0.39, 0.29) is 18.2 Å². The molecular formula is C13H24N2O3S. The Hall–Kier alpha value is -0.170. The zero-order valence-electron chi connectivity index (χ0n) is 11.3. The fourth-order valence-corrected chi connectivity index (χ4v) is 6.38. The van der Waals surface area contributed by atoms with Gasteiger partial charge in [-0.1, -0.05) is 0 Å². The highest BCUT2D eigenvalue weighted by atomic mass is 32.2. The summed E-state index contributed by atoms with van der Waals surface area (Å²) in [6, 6.07) is 0.112. The Morgan fingerprint density at radius 1 is 1.05 bits per heavy atom. The summed E-state index contributed by atoms with van der Waals surface area (Å²) in [6.07, 6.45) is 4.73. The molecule has 0 saturated carbocycles. The molecule has 3 saturated heterocycles. The monoisotopic (exact) mass is 288 g/mol. The van der Waals surface area contributed by atoms with Gasteiger partial charge in [0.15, 0.2) is 0 Å². The molecule has 2 atom stereocenters. The Morgan fingerprint density at radius 3 is 2.21 bits per heavy atom. The van der Waals surface area contributed by atoms with E-state index in [9.17, 15) is 13.5 Å². The van der Waals surface area contributed by atoms with Crippen molar-refractivity contribution in [2.24, 2.45) is 5.92 Å². The molecule has 110 valence electrons. The average molecular weight is 288 g/mol. The van der Waals surface area contributed by atoms with E-state index in [0.29, 0.717) is 24.5 Å². The van der Waals surface area contributed by atoms with E-state index < -0.39 is 10.0 Å². The summed E-state index contributed by atoms with van der Waals surface area (Å²) >= 11 is 0. The van der Waals surface area contributed by atoms with Crippen LogP contribution in [0.4, 0.5) is 0 Å². The SMILES string of the molecule is O=S(=O)(CC1CCNCC1)N1C2CCC1CC(O)C2. The molecule has 5 nitrogen and oxygen atoms in total. The predicted molar refractivity (Wildman–Crippen MR) is 73.3 cm³/mol. The van der Waals surface area contributed by atoms with Gasteiger partial charge in [-0.05, 0) is 57.5 Å². The molecule has 0 aromatic rings. The minimum absolute atomic E-state index is 0.0560. The van der Waals surface area contributed by atoms with Crippen molar-refractivity contribution < 1.29 is 13.5 Å². The summed E-state index contributed by atoms with van der Waals surface area (Å²) in [5.41, 5.74) is 0. The molecule has 0 aromatic carbocycles. The lowest BCUT2D eigenvalue weighted by atomic mass is 10.0. The van der Waals surface area contributed by atoms with Gasteiger partial charge >= 0.3 is 0 Å². The van der Waals surface area contributed by atoms with E-state index >= 15 is 0 Å². The Balaban J connectivity index is 1.70. The fraction of sp³-hybridized carbons (Fsp3) is 1.00. The molecule has 0 aliphatic carbocycles. The second kappa shape index (κ2) is 5.31. The highest BCUT2D eigenvalue weighted by Crippen LogP contribution is 2.38. The van der Waals surface area contributed by atoms with Gasteiger partial charge in [-0.25, -0.2) is 8.42 Å². The van der Waals surface area contributed by atoms with Gasteiger partial charge < -0.3 is 10.4 Å². The number of sulfonamides is 1. The van der Waals surface area contributed by atoms with E-state index in [0.717, 1.165) is 38.8 Å². The van der Waals surface area contributed by atoms with Gasteiger partial charge in [0, 0.05) is 12.1 Å². The molecule has 0 spiro atoms. The summed E-state index contributed by atoms with van der Waals surface area (Å²) in [4.78, 5) is 0. The number of rotatable bonds is 3. The maximum Gasteiger partial charge on any atom is 0.214 e. The lowest BCUT2D eigenvalue weighted by molar-refractivity contribution is 0.0766. The third-order valence-electron chi connectivity index (χ3n) is 4.87. The summed E-state index contributed by atoms with van der Waals surface area (Å²) in [5.74, 6) is 0.607. The number of piperidine rings is 2. The van der Waals surface area contributed by atoms with Crippen LogP contribution in [0, 0.1) is 5.92 Å². The number of hydrogen-bond acceptors (Lipinski definition) is 4. The lowest BCUT2D eigenvalue weighted by Gasteiger charge is -2.37. The maximum absolute atomic E-state index is 12.6. The minimum atomic E-state index is -3.15. The molecule has 0 amide bonds. The zero-order chi connectivity index (χ0) is 13.5. The molecule has 3 heterocycles. The molecule has 2 bridgehead atoms. The van der Waals surface area contributed by atoms with Crippen LogP contribution in [0.15, 0.2) is 0 Å². The number of fused-ring (bicyclic) bond motifs is 2. The third kappa shape index (κ3) is 2.82. The Labute approximate surface area is 115 Å². The average Bonchev–Trinajstić information content (AvgIpc) is 2.64. The summed E-state index contributed by atoms with van der Waals surface area (Å²) in [6.45, 7) is 1.87. The number of aliphatic hydroxyl groups excluding tert-OH is 1. The first kappa shape index (κ1) is 13.8. The zero-order valence-corrected chi connectivity index (χ0v) is 12.1. The van der Waals surface area contributed by atoms with Gasteiger partial charge in [-0.3, -0.25) is 0 Å². The van der Waals surface area contributed by atoms with Gasteiger partial charge in [-0.2, -0.15) is 4.31 Å². The standard InChI is InChI=1S/C13H24N2O3S/c16-13-7-11-1-2-12(8-13)15(11)19(17,18)9-10-3-5-14-6-4-10/h10-14,16H,1-9H2. The van der Waals surface area contributed by atoms with Crippen molar-refractivity contribution >= 4 is 10.0 Å². The molecule has 6 heteroatoms. The summed E-state index contributed by atoms with van der Waals surface area (Å²) in [7, 11) is -3.15. The van der Waals surface area contributed by atoms with Crippen molar-refractivity contribution in [2.45, 2.75) is 56.7 Å². The van der Waals surface area contributed by atoms with E-state index in [1.54, 1.807) is 4.31 Å². The van der Waals surface area contributed by atoms with Gasteiger partial charge in [0.05, 0.1) is 11.9 Å². The molecular weight excluding hydrogens is 264 g/mol. The number of nitrogens with zero attached hydrogens (tertiary/aromatic N) is 1. The van der Waals surface area contributed by atoms with Crippen molar-refractivity contribution in [3.8, 4) is 0 Å². The Bertz CT molecular complexity index is 406. The molecule has 3 aliphatic heterocycles. The highest BCUT2D eigenvalue weighted by Gasteiger charge is 2.46. The molecule has 19 heavy (non-hydrogen) atoms. The molecule has 3 fully saturated rings. The third-order valence-corrected chi connectivity index (χ3v) is 7.00. The second-order valence-corrected chi connectivity index (χ2v) is 8.23. The second-order valence-electron chi connectivity index (χ2n) is 6.31. The molecule has 0 radical (unpaired) electrons.